The number of nitrogens with zero attached hydrogens (tertiary/aromatic N) is 3. The molecule has 3 heterocycles. The average Bonchev–Trinajstić information content (AvgIpc) is 3.39. The van der Waals surface area contributed by atoms with Gasteiger partial charge < -0.3 is 10.6 Å². The number of carbonyl (C=O) groups is 1. The monoisotopic (exact) mass is 421 g/mol. The van der Waals surface area contributed by atoms with Crippen molar-refractivity contribution in [3.8, 4) is 5.69 Å². The molecule has 158 valence electrons. The molecule has 0 aliphatic carbocycles. The highest BCUT2D eigenvalue weighted by Crippen LogP contribution is 2.20. The fraction of sp³-hybridized carbons (Fsp3) is 0.524. The number of likely N-dealkylation sites (tertiary alicyclic amines) is 1. The zero-order valence-electron chi connectivity index (χ0n) is 16.5. The van der Waals surface area contributed by atoms with Crippen molar-refractivity contribution in [3.63, 3.8) is 0 Å². The molecule has 0 radical (unpaired) electrons. The smallest absolute Gasteiger partial charge is 0.237 e. The molecule has 2 N–H and O–H groups in total. The quantitative estimate of drug-likeness (QED) is 0.752. The largest absolute Gasteiger partial charge is 0.354 e. The maximum atomic E-state index is 13.2. The summed E-state index contributed by atoms with van der Waals surface area (Å²) < 4.78 is 15.1. The second-order valence-corrected chi connectivity index (χ2v) is 7.85. The van der Waals surface area contributed by atoms with Crippen molar-refractivity contribution in [1.29, 1.82) is 0 Å². The van der Waals surface area contributed by atoms with Crippen LogP contribution < -0.4 is 10.6 Å². The van der Waals surface area contributed by atoms with Crippen LogP contribution in [0.25, 0.3) is 5.69 Å². The summed E-state index contributed by atoms with van der Waals surface area (Å²) in [5.74, 6) is 0.372. The van der Waals surface area contributed by atoms with Crippen molar-refractivity contribution < 1.29 is 9.18 Å². The van der Waals surface area contributed by atoms with E-state index >= 15 is 0 Å². The summed E-state index contributed by atoms with van der Waals surface area (Å²) in [5.41, 5.74) is 1.96. The van der Waals surface area contributed by atoms with Gasteiger partial charge >= 0.3 is 0 Å². The van der Waals surface area contributed by atoms with Crippen molar-refractivity contribution in [2.75, 3.05) is 26.2 Å². The molecule has 0 spiro atoms. The molecule has 2 fully saturated rings. The molecule has 29 heavy (non-hydrogen) atoms. The van der Waals surface area contributed by atoms with Crippen molar-refractivity contribution in [2.45, 2.75) is 38.3 Å². The van der Waals surface area contributed by atoms with E-state index in [0.717, 1.165) is 69.8 Å². The highest BCUT2D eigenvalue weighted by molar-refractivity contribution is 5.85. The third-order valence-electron chi connectivity index (χ3n) is 5.72. The number of hydrogen-bond acceptors (Lipinski definition) is 4. The third kappa shape index (κ3) is 5.56. The van der Waals surface area contributed by atoms with Gasteiger partial charge in [0.2, 0.25) is 5.91 Å². The van der Waals surface area contributed by atoms with Crippen LogP contribution in [0.1, 0.15) is 31.4 Å². The second-order valence-electron chi connectivity index (χ2n) is 7.85. The van der Waals surface area contributed by atoms with Gasteiger partial charge in [-0.2, -0.15) is 5.10 Å². The lowest BCUT2D eigenvalue weighted by atomic mass is 9.97. The third-order valence-corrected chi connectivity index (χ3v) is 5.72. The first-order valence-corrected chi connectivity index (χ1v) is 10.2. The Labute approximate surface area is 177 Å². The molecule has 1 aromatic heterocycles. The highest BCUT2D eigenvalue weighted by atomic mass is 35.5. The van der Waals surface area contributed by atoms with E-state index in [1.54, 1.807) is 18.3 Å². The van der Waals surface area contributed by atoms with Crippen LogP contribution in [0.4, 0.5) is 4.39 Å². The first-order chi connectivity index (χ1) is 13.7. The predicted octanol–water partition coefficient (Wildman–Crippen LogP) is 2.51. The van der Waals surface area contributed by atoms with Gasteiger partial charge in [0.05, 0.1) is 17.4 Å². The Morgan fingerprint density at radius 1 is 1.21 bits per heavy atom. The molecule has 6 nitrogen and oxygen atoms in total. The summed E-state index contributed by atoms with van der Waals surface area (Å²) in [5, 5.41) is 10.8. The first-order valence-electron chi connectivity index (χ1n) is 10.2. The molecular formula is C21H29ClFN5O. The van der Waals surface area contributed by atoms with Gasteiger partial charge in [-0.3, -0.25) is 9.69 Å². The summed E-state index contributed by atoms with van der Waals surface area (Å²) >= 11 is 0. The molecule has 4 rings (SSSR count). The van der Waals surface area contributed by atoms with Crippen LogP contribution in [0, 0.1) is 11.7 Å². The fourth-order valence-corrected chi connectivity index (χ4v) is 4.23. The number of piperidine rings is 1. The number of rotatable bonds is 6. The maximum Gasteiger partial charge on any atom is 0.237 e. The summed E-state index contributed by atoms with van der Waals surface area (Å²) in [6.45, 7) is 4.49. The standard InChI is InChI=1S/C21H28FN5O.ClH/c22-17-5-7-18(8-6-17)27-19(9-11-25-27)15-26-12-2-3-16(14-26)13-24-21(28)20-4-1-10-23-20;/h5-9,11,16,20,23H,1-4,10,12-15H2,(H,24,28);1H. The van der Waals surface area contributed by atoms with Crippen LogP contribution in [-0.2, 0) is 11.3 Å². The normalized spacial score (nSPS) is 22.2. The molecule has 0 bridgehead atoms. The van der Waals surface area contributed by atoms with E-state index in [4.69, 9.17) is 0 Å². The van der Waals surface area contributed by atoms with Crippen LogP contribution in [0.2, 0.25) is 0 Å². The van der Waals surface area contributed by atoms with E-state index in [2.05, 4.69) is 20.6 Å². The number of benzene rings is 1. The molecule has 1 aromatic carbocycles. The molecule has 2 aliphatic heterocycles. The van der Waals surface area contributed by atoms with Gasteiger partial charge in [-0.1, -0.05) is 0 Å². The molecule has 8 heteroatoms. The van der Waals surface area contributed by atoms with Crippen molar-refractivity contribution in [2.24, 2.45) is 5.92 Å². The lowest BCUT2D eigenvalue weighted by Crippen LogP contribution is -2.45. The van der Waals surface area contributed by atoms with Crippen LogP contribution in [0.5, 0.6) is 0 Å². The van der Waals surface area contributed by atoms with Crippen LogP contribution in [0.15, 0.2) is 36.5 Å². The van der Waals surface area contributed by atoms with Gasteiger partial charge in [-0.25, -0.2) is 9.07 Å². The topological polar surface area (TPSA) is 62.2 Å². The van der Waals surface area contributed by atoms with Gasteiger partial charge in [-0.05, 0) is 75.0 Å². The molecular weight excluding hydrogens is 393 g/mol. The number of hydrogen-bond donors (Lipinski definition) is 2. The van der Waals surface area contributed by atoms with E-state index in [1.807, 2.05) is 10.7 Å². The maximum absolute atomic E-state index is 13.2. The van der Waals surface area contributed by atoms with Gasteiger partial charge in [0.15, 0.2) is 0 Å². The number of nitrogens with one attached hydrogen (secondary N) is 2. The minimum absolute atomic E-state index is 0. The average molecular weight is 422 g/mol. The number of carbonyl (C=O) groups excluding carboxylic acids is 1. The summed E-state index contributed by atoms with van der Waals surface area (Å²) in [7, 11) is 0. The van der Waals surface area contributed by atoms with Crippen molar-refractivity contribution in [1.82, 2.24) is 25.3 Å². The Morgan fingerprint density at radius 3 is 2.79 bits per heavy atom. The summed E-state index contributed by atoms with van der Waals surface area (Å²) in [6.07, 6.45) is 6.08. The zero-order chi connectivity index (χ0) is 19.3. The molecule has 2 aromatic rings. The van der Waals surface area contributed by atoms with Gasteiger partial charge in [0, 0.05) is 25.8 Å². The minimum Gasteiger partial charge on any atom is -0.354 e. The fourth-order valence-electron chi connectivity index (χ4n) is 4.23. The Bertz CT molecular complexity index is 791. The van der Waals surface area contributed by atoms with E-state index in [-0.39, 0.29) is 30.2 Å². The van der Waals surface area contributed by atoms with E-state index in [0.29, 0.717) is 5.92 Å². The molecule has 1 amide bonds. The van der Waals surface area contributed by atoms with Crippen LogP contribution >= 0.6 is 12.4 Å². The SMILES string of the molecule is Cl.O=C(NCC1CCCN(Cc2ccnn2-c2ccc(F)cc2)C1)C1CCCN1. The number of amides is 1. The van der Waals surface area contributed by atoms with Crippen LogP contribution in [0.3, 0.4) is 0 Å². The number of halogens is 2. The summed E-state index contributed by atoms with van der Waals surface area (Å²) in [6, 6.07) is 8.42. The Morgan fingerprint density at radius 2 is 2.03 bits per heavy atom. The lowest BCUT2D eigenvalue weighted by molar-refractivity contribution is -0.123. The van der Waals surface area contributed by atoms with Crippen molar-refractivity contribution >= 4 is 18.3 Å². The zero-order valence-corrected chi connectivity index (χ0v) is 17.3. The molecule has 2 atom stereocenters. The second kappa shape index (κ2) is 10.2. The summed E-state index contributed by atoms with van der Waals surface area (Å²) in [4.78, 5) is 14.6. The van der Waals surface area contributed by atoms with Gasteiger partial charge in [-0.15, -0.1) is 12.4 Å². The predicted molar refractivity (Wildman–Crippen MR) is 113 cm³/mol. The van der Waals surface area contributed by atoms with Gasteiger partial charge in [0.1, 0.15) is 5.82 Å². The van der Waals surface area contributed by atoms with E-state index in [9.17, 15) is 9.18 Å². The van der Waals surface area contributed by atoms with E-state index in [1.165, 1.54) is 12.1 Å². The van der Waals surface area contributed by atoms with Crippen molar-refractivity contribution in [3.05, 3.63) is 48.0 Å². The van der Waals surface area contributed by atoms with E-state index < -0.39 is 0 Å². The lowest BCUT2D eigenvalue weighted by Gasteiger charge is -2.33. The van der Waals surface area contributed by atoms with Crippen LogP contribution in [-0.4, -0.2) is 52.8 Å². The Balaban J connectivity index is 0.00000240. The highest BCUT2D eigenvalue weighted by Gasteiger charge is 2.25. The molecule has 2 aliphatic rings. The molecule has 0 saturated carbocycles. The number of aromatic nitrogens is 2. The Hall–Kier alpha value is -1.96. The molecule has 2 unspecified atom stereocenters. The first kappa shape index (κ1) is 21.7. The molecule has 2 saturated heterocycles. The van der Waals surface area contributed by atoms with Gasteiger partial charge in [0.25, 0.3) is 0 Å². The minimum atomic E-state index is -0.244. The Kier molecular flexibility index (Phi) is 7.64.